The topological polar surface area (TPSA) is 16.1 Å². The van der Waals surface area contributed by atoms with E-state index in [1.807, 2.05) is 12.3 Å². The molecular weight excluding hydrogens is 529 g/mol. The number of fused-ring (bicyclic) bond motifs is 4. The molecule has 8 rings (SSSR count). The van der Waals surface area contributed by atoms with Gasteiger partial charge in [-0.1, -0.05) is 103 Å². The Balaban J connectivity index is 1.26. The van der Waals surface area contributed by atoms with Crippen LogP contribution in [0.4, 0.5) is 17.1 Å². The summed E-state index contributed by atoms with van der Waals surface area (Å²) in [6, 6.07) is 54.4. The third-order valence-electron chi connectivity index (χ3n) is 7.94. The fraction of sp³-hybridized carbons (Fsp3) is 0. The third-order valence-corrected chi connectivity index (χ3v) is 9.09. The van der Waals surface area contributed by atoms with Crippen LogP contribution in [0.1, 0.15) is 0 Å². The van der Waals surface area contributed by atoms with E-state index in [2.05, 4.69) is 155 Å². The van der Waals surface area contributed by atoms with Gasteiger partial charge in [-0.05, 0) is 81.6 Å². The first-order valence-corrected chi connectivity index (χ1v) is 14.9. The Kier molecular flexibility index (Phi) is 6.02. The monoisotopic (exact) mass is 554 g/mol. The van der Waals surface area contributed by atoms with Gasteiger partial charge in [-0.2, -0.15) is 0 Å². The summed E-state index contributed by atoms with van der Waals surface area (Å²) in [5.74, 6) is 0. The molecule has 6 aromatic carbocycles. The molecule has 0 aliphatic carbocycles. The van der Waals surface area contributed by atoms with Gasteiger partial charge >= 0.3 is 0 Å². The molecule has 198 valence electrons. The largest absolute Gasteiger partial charge is 0.309 e. The first-order chi connectivity index (χ1) is 20.8. The lowest BCUT2D eigenvalue weighted by Crippen LogP contribution is -2.10. The lowest BCUT2D eigenvalue weighted by atomic mass is 10.0. The Morgan fingerprint density at radius 3 is 1.83 bits per heavy atom. The highest BCUT2D eigenvalue weighted by Gasteiger charge is 2.18. The zero-order valence-electron chi connectivity index (χ0n) is 22.8. The van der Waals surface area contributed by atoms with Gasteiger partial charge in [-0.3, -0.25) is 0 Å². The Morgan fingerprint density at radius 2 is 1.07 bits per heavy atom. The second-order valence-electron chi connectivity index (χ2n) is 10.5. The van der Waals surface area contributed by atoms with Crippen LogP contribution in [0.2, 0.25) is 0 Å². The van der Waals surface area contributed by atoms with E-state index in [9.17, 15) is 0 Å². The van der Waals surface area contributed by atoms with Gasteiger partial charge in [0.15, 0.2) is 0 Å². The number of rotatable bonds is 5. The smallest absolute Gasteiger partial charge is 0.124 e. The lowest BCUT2D eigenvalue weighted by Gasteiger charge is -2.26. The molecule has 3 heteroatoms. The van der Waals surface area contributed by atoms with Gasteiger partial charge in [0, 0.05) is 28.3 Å². The van der Waals surface area contributed by atoms with Crippen LogP contribution in [-0.2, 0) is 0 Å². The van der Waals surface area contributed by atoms with Crippen molar-refractivity contribution in [2.45, 2.75) is 0 Å². The molecular formula is C39H26N2S. The van der Waals surface area contributed by atoms with E-state index < -0.39 is 0 Å². The van der Waals surface area contributed by atoms with Crippen molar-refractivity contribution < 1.29 is 0 Å². The number of anilines is 3. The molecule has 0 saturated carbocycles. The summed E-state index contributed by atoms with van der Waals surface area (Å²) in [6.07, 6.45) is 1.88. The Morgan fingerprint density at radius 1 is 0.452 bits per heavy atom. The Hall–Kier alpha value is -5.25. The highest BCUT2D eigenvalue weighted by atomic mass is 32.1. The van der Waals surface area contributed by atoms with Crippen molar-refractivity contribution in [1.82, 2.24) is 4.98 Å². The summed E-state index contributed by atoms with van der Waals surface area (Å²) in [4.78, 5) is 8.11. The van der Waals surface area contributed by atoms with E-state index in [0.29, 0.717) is 0 Å². The van der Waals surface area contributed by atoms with Crippen molar-refractivity contribution >= 4 is 59.5 Å². The number of nitrogens with zero attached hydrogens (tertiary/aromatic N) is 2. The Labute approximate surface area is 248 Å². The Bertz CT molecular complexity index is 2180. The summed E-state index contributed by atoms with van der Waals surface area (Å²) >= 11 is 1.75. The van der Waals surface area contributed by atoms with Crippen LogP contribution in [0, 0.1) is 0 Å². The van der Waals surface area contributed by atoms with Gasteiger partial charge in [0.25, 0.3) is 0 Å². The standard InChI is InChI=1S/C39H26N2S/c1-2-8-27(9-3-1)29-17-21-33(22-18-29)41(37-14-6-12-35-36-13-7-25-40-39(36)42-38(35)37)34-23-19-30(20-24-34)32-16-15-28-10-4-5-11-31(28)26-32/h1-26H. The minimum atomic E-state index is 1.06. The number of aromatic nitrogens is 1. The molecule has 42 heavy (non-hydrogen) atoms. The summed E-state index contributed by atoms with van der Waals surface area (Å²) in [6.45, 7) is 0. The summed E-state index contributed by atoms with van der Waals surface area (Å²) in [7, 11) is 0. The fourth-order valence-electron chi connectivity index (χ4n) is 5.83. The van der Waals surface area contributed by atoms with Crippen molar-refractivity contribution in [3.8, 4) is 22.3 Å². The molecule has 0 aliphatic heterocycles. The van der Waals surface area contributed by atoms with Gasteiger partial charge < -0.3 is 4.90 Å². The van der Waals surface area contributed by atoms with Gasteiger partial charge in [-0.15, -0.1) is 11.3 Å². The fourth-order valence-corrected chi connectivity index (χ4v) is 6.97. The third kappa shape index (κ3) is 4.32. The van der Waals surface area contributed by atoms with Gasteiger partial charge in [0.05, 0.1) is 10.4 Å². The SMILES string of the molecule is c1ccc(-c2ccc(N(c3ccc(-c4ccc5ccccc5c4)cc3)c3cccc4c3sc3ncccc34)cc2)cc1. The number of thiophene rings is 1. The average molecular weight is 555 g/mol. The van der Waals surface area contributed by atoms with E-state index in [1.54, 1.807) is 11.3 Å². The predicted octanol–water partition coefficient (Wildman–Crippen LogP) is 11.4. The zero-order valence-corrected chi connectivity index (χ0v) is 23.6. The molecule has 8 aromatic rings. The second kappa shape index (κ2) is 10.3. The van der Waals surface area contributed by atoms with Crippen LogP contribution in [0.3, 0.4) is 0 Å². The number of hydrogen-bond donors (Lipinski definition) is 0. The van der Waals surface area contributed by atoms with Crippen molar-refractivity contribution in [3.63, 3.8) is 0 Å². The van der Waals surface area contributed by atoms with Gasteiger partial charge in [-0.25, -0.2) is 4.98 Å². The molecule has 0 radical (unpaired) electrons. The number of hydrogen-bond acceptors (Lipinski definition) is 3. The highest BCUT2D eigenvalue weighted by molar-refractivity contribution is 7.26. The molecule has 2 nitrogen and oxygen atoms in total. The molecule has 0 unspecified atom stereocenters. The maximum atomic E-state index is 4.68. The summed E-state index contributed by atoms with van der Waals surface area (Å²) in [5, 5.41) is 4.95. The maximum Gasteiger partial charge on any atom is 0.124 e. The van der Waals surface area contributed by atoms with E-state index in [-0.39, 0.29) is 0 Å². The molecule has 0 amide bonds. The quantitative estimate of drug-likeness (QED) is 0.210. The van der Waals surface area contributed by atoms with Crippen molar-refractivity contribution in [1.29, 1.82) is 0 Å². The van der Waals surface area contributed by atoms with Crippen LogP contribution >= 0.6 is 11.3 Å². The van der Waals surface area contributed by atoms with Gasteiger partial charge in [0.1, 0.15) is 4.83 Å². The van der Waals surface area contributed by atoms with Crippen LogP contribution in [0.25, 0.3) is 53.3 Å². The molecule has 2 aromatic heterocycles. The molecule has 0 aliphatic rings. The molecule has 0 saturated heterocycles. The maximum absolute atomic E-state index is 4.68. The van der Waals surface area contributed by atoms with Crippen molar-refractivity contribution in [3.05, 3.63) is 158 Å². The van der Waals surface area contributed by atoms with Crippen LogP contribution < -0.4 is 4.90 Å². The van der Waals surface area contributed by atoms with Gasteiger partial charge in [0.2, 0.25) is 0 Å². The van der Waals surface area contributed by atoms with Crippen LogP contribution in [-0.4, -0.2) is 4.98 Å². The zero-order chi connectivity index (χ0) is 27.9. The second-order valence-corrected chi connectivity index (χ2v) is 11.5. The van der Waals surface area contributed by atoms with E-state index in [4.69, 9.17) is 0 Å². The minimum absolute atomic E-state index is 1.06. The first-order valence-electron chi connectivity index (χ1n) is 14.1. The van der Waals surface area contributed by atoms with Crippen LogP contribution in [0.5, 0.6) is 0 Å². The van der Waals surface area contributed by atoms with E-state index >= 15 is 0 Å². The molecule has 0 N–H and O–H groups in total. The molecule has 2 heterocycles. The molecule has 0 spiro atoms. The summed E-state index contributed by atoms with van der Waals surface area (Å²) < 4.78 is 1.23. The number of pyridine rings is 1. The van der Waals surface area contributed by atoms with Crippen LogP contribution in [0.15, 0.2) is 158 Å². The normalized spacial score (nSPS) is 11.3. The molecule has 0 fully saturated rings. The summed E-state index contributed by atoms with van der Waals surface area (Å²) in [5.41, 5.74) is 8.23. The highest BCUT2D eigenvalue weighted by Crippen LogP contribution is 2.44. The van der Waals surface area contributed by atoms with Crippen molar-refractivity contribution in [2.75, 3.05) is 4.90 Å². The average Bonchev–Trinajstić information content (AvgIpc) is 3.45. The van der Waals surface area contributed by atoms with E-state index in [1.165, 1.54) is 48.5 Å². The molecule has 0 atom stereocenters. The number of benzene rings is 6. The minimum Gasteiger partial charge on any atom is -0.309 e. The first kappa shape index (κ1) is 24.5. The van der Waals surface area contributed by atoms with E-state index in [0.717, 1.165) is 21.9 Å². The predicted molar refractivity (Wildman–Crippen MR) is 180 cm³/mol. The molecule has 0 bridgehead atoms. The lowest BCUT2D eigenvalue weighted by molar-refractivity contribution is 1.30. The van der Waals surface area contributed by atoms with Crippen molar-refractivity contribution in [2.24, 2.45) is 0 Å².